The van der Waals surface area contributed by atoms with Gasteiger partial charge in [-0.1, -0.05) is 72.8 Å². The lowest BCUT2D eigenvalue weighted by atomic mass is 9.78. The molecule has 1 saturated heterocycles. The zero-order valence-corrected chi connectivity index (χ0v) is 15.4. The molecule has 1 heterocycles. The Labute approximate surface area is 156 Å². The van der Waals surface area contributed by atoms with Gasteiger partial charge in [0.25, 0.3) is 0 Å². The Morgan fingerprint density at radius 2 is 1.58 bits per heavy atom. The van der Waals surface area contributed by atoms with E-state index in [-0.39, 0.29) is 5.25 Å². The van der Waals surface area contributed by atoms with E-state index in [1.165, 1.54) is 0 Å². The summed E-state index contributed by atoms with van der Waals surface area (Å²) in [5.74, 6) is 0. The van der Waals surface area contributed by atoms with E-state index in [1.54, 1.807) is 0 Å². The monoisotopic (exact) mass is 368 g/mol. The minimum absolute atomic E-state index is 0.317. The van der Waals surface area contributed by atoms with Crippen LogP contribution in [-0.4, -0.2) is 30.5 Å². The lowest BCUT2D eigenvalue weighted by Gasteiger charge is -2.50. The summed E-state index contributed by atoms with van der Waals surface area (Å²) in [6, 6.07) is 18.9. The van der Waals surface area contributed by atoms with Gasteiger partial charge in [0.15, 0.2) is 0 Å². The molecule has 26 heavy (non-hydrogen) atoms. The fourth-order valence-electron chi connectivity index (χ4n) is 4.27. The molecule has 3 nitrogen and oxygen atoms in total. The average Bonchev–Trinajstić information content (AvgIpc) is 2.68. The van der Waals surface area contributed by atoms with Crippen molar-refractivity contribution in [1.82, 2.24) is 0 Å². The number of allylic oxidation sites excluding steroid dienone is 1. The Bertz CT molecular complexity index is 778. The van der Waals surface area contributed by atoms with Gasteiger partial charge >= 0.3 is 0 Å². The molecule has 4 heteroatoms. The van der Waals surface area contributed by atoms with Crippen molar-refractivity contribution in [1.29, 1.82) is 0 Å². The molecule has 2 N–H and O–H groups in total. The molecule has 1 fully saturated rings. The second-order valence-corrected chi connectivity index (χ2v) is 9.12. The highest BCUT2D eigenvalue weighted by atomic mass is 32.2. The van der Waals surface area contributed by atoms with Crippen LogP contribution in [0.2, 0.25) is 0 Å². The van der Waals surface area contributed by atoms with Crippen LogP contribution in [0.3, 0.4) is 0 Å². The highest BCUT2D eigenvalue weighted by Crippen LogP contribution is 2.48. The Balaban J connectivity index is 1.70. The molecule has 0 aromatic heterocycles. The van der Waals surface area contributed by atoms with Crippen molar-refractivity contribution < 1.29 is 14.4 Å². The molecule has 1 aliphatic heterocycles. The molecule has 2 unspecified atom stereocenters. The molecule has 0 amide bonds. The largest absolute Gasteiger partial charge is 0.385 e. The second kappa shape index (κ2) is 6.76. The maximum atomic E-state index is 13.2. The van der Waals surface area contributed by atoms with Crippen LogP contribution in [0, 0.1) is 0 Å². The van der Waals surface area contributed by atoms with Gasteiger partial charge in [0.1, 0.15) is 5.60 Å². The second-order valence-electron chi connectivity index (χ2n) is 7.33. The Morgan fingerprint density at radius 3 is 2.04 bits per heavy atom. The molecule has 4 atom stereocenters. The number of rotatable bonds is 4. The van der Waals surface area contributed by atoms with Crippen molar-refractivity contribution in [3.63, 3.8) is 0 Å². The normalized spacial score (nSPS) is 31.4. The average molecular weight is 368 g/mol. The summed E-state index contributed by atoms with van der Waals surface area (Å²) >= 11 is 0. The standard InChI is InChI=1S/C22H24O3S/c23-21(14-8-3-9-15-21)19-16-20(26(19)25)22(24,17-10-4-1-5-11-17)18-12-6-2-7-13-18/h1-2,4-8,10-14,19-20,23-24H,3,9,15-16H2/t19-,20-,21?,26?/m0/s1. The van der Waals surface area contributed by atoms with Crippen molar-refractivity contribution >= 4 is 10.8 Å². The van der Waals surface area contributed by atoms with Gasteiger partial charge in [-0.15, -0.1) is 0 Å². The summed E-state index contributed by atoms with van der Waals surface area (Å²) < 4.78 is 13.2. The van der Waals surface area contributed by atoms with Crippen LogP contribution in [0.15, 0.2) is 72.8 Å². The van der Waals surface area contributed by atoms with E-state index in [1.807, 2.05) is 72.8 Å². The molecule has 0 radical (unpaired) electrons. The molecular formula is C22H24O3S. The van der Waals surface area contributed by atoms with Crippen molar-refractivity contribution in [2.24, 2.45) is 0 Å². The fourth-order valence-corrected chi connectivity index (χ4v) is 6.28. The molecule has 136 valence electrons. The number of hydrogen-bond acceptors (Lipinski definition) is 3. The van der Waals surface area contributed by atoms with Gasteiger partial charge < -0.3 is 10.2 Å². The Kier molecular flexibility index (Phi) is 4.59. The molecule has 4 rings (SSSR count). The molecule has 1 aliphatic carbocycles. The van der Waals surface area contributed by atoms with Crippen LogP contribution in [0.25, 0.3) is 0 Å². The van der Waals surface area contributed by atoms with E-state index in [0.717, 1.165) is 24.0 Å². The van der Waals surface area contributed by atoms with Gasteiger partial charge in [-0.3, -0.25) is 4.21 Å². The van der Waals surface area contributed by atoms with Crippen molar-refractivity contribution in [3.8, 4) is 0 Å². The highest BCUT2D eigenvalue weighted by molar-refractivity contribution is 7.88. The smallest absolute Gasteiger partial charge is 0.129 e. The van der Waals surface area contributed by atoms with Crippen LogP contribution >= 0.6 is 0 Å². The van der Waals surface area contributed by atoms with Gasteiger partial charge in [-0.2, -0.15) is 0 Å². The lowest BCUT2D eigenvalue weighted by Crippen LogP contribution is -2.62. The molecule has 2 aliphatic rings. The van der Waals surface area contributed by atoms with Crippen molar-refractivity contribution in [3.05, 3.63) is 83.9 Å². The first kappa shape index (κ1) is 17.7. The van der Waals surface area contributed by atoms with Crippen LogP contribution in [0.4, 0.5) is 0 Å². The number of hydrogen-bond donors (Lipinski definition) is 2. The van der Waals surface area contributed by atoms with E-state index in [0.29, 0.717) is 12.8 Å². The van der Waals surface area contributed by atoms with Gasteiger partial charge in [0.05, 0.1) is 16.1 Å². The maximum absolute atomic E-state index is 13.2. The van der Waals surface area contributed by atoms with Crippen LogP contribution < -0.4 is 0 Å². The summed E-state index contributed by atoms with van der Waals surface area (Å²) in [4.78, 5) is 0. The third-order valence-electron chi connectivity index (χ3n) is 5.79. The van der Waals surface area contributed by atoms with E-state index < -0.39 is 27.3 Å². The number of aliphatic hydroxyl groups is 2. The highest BCUT2D eigenvalue weighted by Gasteiger charge is 2.58. The van der Waals surface area contributed by atoms with E-state index in [4.69, 9.17) is 0 Å². The molecule has 2 aromatic carbocycles. The number of benzene rings is 2. The zero-order valence-electron chi connectivity index (χ0n) is 14.6. The topological polar surface area (TPSA) is 57.5 Å². The molecular weight excluding hydrogens is 344 g/mol. The summed E-state index contributed by atoms with van der Waals surface area (Å²) in [5.41, 5.74) is -0.838. The fraction of sp³-hybridized carbons (Fsp3) is 0.364. The SMILES string of the molecule is O=S1[C@H](C2(O)C=CCCC2)C[C@H]1C(O)(c1ccccc1)c1ccccc1. The third-order valence-corrected chi connectivity index (χ3v) is 8.05. The van der Waals surface area contributed by atoms with E-state index in [9.17, 15) is 14.4 Å². The van der Waals surface area contributed by atoms with Crippen LogP contribution in [0.1, 0.15) is 36.8 Å². The predicted octanol–water partition coefficient (Wildman–Crippen LogP) is 3.28. The van der Waals surface area contributed by atoms with Crippen molar-refractivity contribution in [2.75, 3.05) is 0 Å². The Morgan fingerprint density at radius 1 is 1.00 bits per heavy atom. The molecule has 2 aromatic rings. The lowest BCUT2D eigenvalue weighted by molar-refractivity contribution is 0.0306. The van der Waals surface area contributed by atoms with Gasteiger partial charge in [-0.05, 0) is 36.8 Å². The summed E-state index contributed by atoms with van der Waals surface area (Å²) in [7, 11) is -1.33. The summed E-state index contributed by atoms with van der Waals surface area (Å²) in [5, 5.41) is 21.9. The Hall–Kier alpha value is -1.75. The van der Waals surface area contributed by atoms with Crippen LogP contribution in [-0.2, 0) is 16.4 Å². The third kappa shape index (κ3) is 2.77. The first-order chi connectivity index (χ1) is 12.6. The minimum atomic E-state index is -1.33. The minimum Gasteiger partial charge on any atom is -0.385 e. The first-order valence-electron chi connectivity index (χ1n) is 9.18. The van der Waals surface area contributed by atoms with Gasteiger partial charge in [0.2, 0.25) is 0 Å². The van der Waals surface area contributed by atoms with Crippen molar-refractivity contribution in [2.45, 2.75) is 47.4 Å². The predicted molar refractivity (Wildman–Crippen MR) is 104 cm³/mol. The van der Waals surface area contributed by atoms with Crippen LogP contribution in [0.5, 0.6) is 0 Å². The summed E-state index contributed by atoms with van der Waals surface area (Å²) in [6.45, 7) is 0. The maximum Gasteiger partial charge on any atom is 0.129 e. The first-order valence-corrected chi connectivity index (χ1v) is 10.5. The summed E-state index contributed by atoms with van der Waals surface area (Å²) in [6.07, 6.45) is 6.85. The van der Waals surface area contributed by atoms with E-state index in [2.05, 4.69) is 0 Å². The van der Waals surface area contributed by atoms with Gasteiger partial charge in [0, 0.05) is 10.8 Å². The van der Waals surface area contributed by atoms with Gasteiger partial charge in [-0.25, -0.2) is 0 Å². The quantitative estimate of drug-likeness (QED) is 0.815. The molecule has 0 spiro atoms. The van der Waals surface area contributed by atoms with E-state index >= 15 is 0 Å². The molecule has 0 saturated carbocycles. The zero-order chi connectivity index (χ0) is 18.2. The molecule has 0 bridgehead atoms.